The molecule has 0 aromatic carbocycles. The van der Waals surface area contributed by atoms with Gasteiger partial charge < -0.3 is 4.74 Å². The van der Waals surface area contributed by atoms with Gasteiger partial charge in [0, 0.05) is 18.6 Å². The number of hydrogen-bond acceptors (Lipinski definition) is 5. The first-order valence-electron chi connectivity index (χ1n) is 5.97. The van der Waals surface area contributed by atoms with Crippen LogP contribution in [-0.2, 0) is 9.53 Å². The maximum atomic E-state index is 11.1. The molecule has 0 saturated carbocycles. The first-order chi connectivity index (χ1) is 9.92. The fourth-order valence-corrected chi connectivity index (χ4v) is 2.21. The molecule has 110 valence electrons. The Kier molecular flexibility index (Phi) is 4.59. The zero-order valence-corrected chi connectivity index (χ0v) is 12.9. The van der Waals surface area contributed by atoms with Gasteiger partial charge in [-0.2, -0.15) is 15.1 Å². The quantitative estimate of drug-likeness (QED) is 0.490. The van der Waals surface area contributed by atoms with E-state index in [0.29, 0.717) is 11.3 Å². The molecular formula is C13H12Cl2N4O2. The van der Waals surface area contributed by atoms with Gasteiger partial charge in [-0.05, 0) is 13.0 Å². The van der Waals surface area contributed by atoms with Crippen LogP contribution in [0.1, 0.15) is 24.3 Å². The van der Waals surface area contributed by atoms with E-state index < -0.39 is 12.1 Å². The van der Waals surface area contributed by atoms with Crippen molar-refractivity contribution in [1.82, 2.24) is 19.7 Å². The van der Waals surface area contributed by atoms with Crippen LogP contribution in [0.5, 0.6) is 0 Å². The molecule has 2 aromatic heterocycles. The van der Waals surface area contributed by atoms with E-state index in [0.717, 1.165) is 0 Å². The second kappa shape index (κ2) is 6.24. The van der Waals surface area contributed by atoms with E-state index in [4.69, 9.17) is 27.9 Å². The molecule has 2 heterocycles. The summed E-state index contributed by atoms with van der Waals surface area (Å²) in [6, 6.07) is 1.43. The Balaban J connectivity index is 2.44. The van der Waals surface area contributed by atoms with Gasteiger partial charge in [-0.15, -0.1) is 0 Å². The van der Waals surface area contributed by atoms with Crippen LogP contribution in [0.25, 0.3) is 5.95 Å². The summed E-state index contributed by atoms with van der Waals surface area (Å²) in [4.78, 5) is 19.2. The molecule has 0 bridgehead atoms. The summed E-state index contributed by atoms with van der Waals surface area (Å²) in [5.41, 5.74) is 1.37. The fourth-order valence-electron chi connectivity index (χ4n) is 1.79. The van der Waals surface area contributed by atoms with Gasteiger partial charge in [-0.1, -0.05) is 29.8 Å². The van der Waals surface area contributed by atoms with Crippen molar-refractivity contribution in [3.63, 3.8) is 0 Å². The zero-order valence-electron chi connectivity index (χ0n) is 11.4. The van der Waals surface area contributed by atoms with E-state index in [1.54, 1.807) is 13.1 Å². The standard InChI is InChI=1S/C13H12Cl2N4O2/c1-4-10(21-8(3)20)9-6-16-19(7(9)2)13-17-11(14)5-12(15)18-13/h4-6,10H,1H2,2-3H3. The van der Waals surface area contributed by atoms with Crippen molar-refractivity contribution in [2.75, 3.05) is 0 Å². The molecular weight excluding hydrogens is 315 g/mol. The molecule has 0 radical (unpaired) electrons. The van der Waals surface area contributed by atoms with Crippen LogP contribution in [0.15, 0.2) is 24.9 Å². The first-order valence-corrected chi connectivity index (χ1v) is 6.72. The summed E-state index contributed by atoms with van der Waals surface area (Å²) in [5, 5.41) is 4.60. The Morgan fingerprint density at radius 3 is 2.57 bits per heavy atom. The predicted octanol–water partition coefficient (Wildman–Crippen LogP) is 3.07. The summed E-state index contributed by atoms with van der Waals surface area (Å²) >= 11 is 11.7. The average Bonchev–Trinajstić information content (AvgIpc) is 2.76. The van der Waals surface area contributed by atoms with Gasteiger partial charge in [0.2, 0.25) is 0 Å². The van der Waals surface area contributed by atoms with E-state index in [2.05, 4.69) is 21.6 Å². The van der Waals surface area contributed by atoms with Gasteiger partial charge in [0.15, 0.2) is 0 Å². The third kappa shape index (κ3) is 3.40. The minimum atomic E-state index is -0.592. The number of esters is 1. The molecule has 0 amide bonds. The Morgan fingerprint density at radius 1 is 1.43 bits per heavy atom. The third-order valence-electron chi connectivity index (χ3n) is 2.70. The van der Waals surface area contributed by atoms with Crippen molar-refractivity contribution in [2.45, 2.75) is 20.0 Å². The van der Waals surface area contributed by atoms with Gasteiger partial charge >= 0.3 is 5.97 Å². The van der Waals surface area contributed by atoms with Gasteiger partial charge in [-0.3, -0.25) is 4.79 Å². The molecule has 0 saturated heterocycles. The lowest BCUT2D eigenvalue weighted by atomic mass is 10.1. The number of hydrogen-bond donors (Lipinski definition) is 0. The van der Waals surface area contributed by atoms with Crippen LogP contribution >= 0.6 is 23.2 Å². The molecule has 2 aromatic rings. The number of ether oxygens (including phenoxy) is 1. The molecule has 0 spiro atoms. The molecule has 0 fully saturated rings. The highest BCUT2D eigenvalue weighted by molar-refractivity contribution is 6.33. The molecule has 1 atom stereocenters. The van der Waals surface area contributed by atoms with Crippen molar-refractivity contribution in [3.8, 4) is 5.95 Å². The second-order valence-corrected chi connectivity index (χ2v) is 4.95. The number of aromatic nitrogens is 4. The number of halogens is 2. The zero-order chi connectivity index (χ0) is 15.6. The molecule has 2 rings (SSSR count). The number of carbonyl (C=O) groups is 1. The van der Waals surface area contributed by atoms with Crippen LogP contribution < -0.4 is 0 Å². The Bertz CT molecular complexity index is 679. The SMILES string of the molecule is C=CC(OC(C)=O)c1cnn(-c2nc(Cl)cc(Cl)n2)c1C. The molecule has 0 N–H and O–H groups in total. The summed E-state index contributed by atoms with van der Waals surface area (Å²) in [5.74, 6) is -0.170. The van der Waals surface area contributed by atoms with Crippen molar-refractivity contribution in [3.05, 3.63) is 46.5 Å². The van der Waals surface area contributed by atoms with E-state index in [1.807, 2.05) is 0 Å². The summed E-state index contributed by atoms with van der Waals surface area (Å²) in [6.45, 7) is 6.78. The van der Waals surface area contributed by atoms with Gasteiger partial charge in [-0.25, -0.2) is 4.68 Å². The minimum Gasteiger partial charge on any atom is -0.453 e. The first kappa shape index (κ1) is 15.5. The number of nitrogens with zero attached hydrogens (tertiary/aromatic N) is 4. The van der Waals surface area contributed by atoms with Crippen LogP contribution in [-0.4, -0.2) is 25.7 Å². The van der Waals surface area contributed by atoms with Crippen molar-refractivity contribution in [1.29, 1.82) is 0 Å². The van der Waals surface area contributed by atoms with Crippen LogP contribution in [0.3, 0.4) is 0 Å². The molecule has 0 aliphatic heterocycles. The highest BCUT2D eigenvalue weighted by atomic mass is 35.5. The summed E-state index contributed by atoms with van der Waals surface area (Å²) < 4.78 is 6.63. The van der Waals surface area contributed by atoms with Crippen LogP contribution in [0.4, 0.5) is 0 Å². The molecule has 21 heavy (non-hydrogen) atoms. The highest BCUT2D eigenvalue weighted by Crippen LogP contribution is 2.24. The Morgan fingerprint density at radius 2 is 2.05 bits per heavy atom. The minimum absolute atomic E-state index is 0.210. The van der Waals surface area contributed by atoms with Crippen LogP contribution in [0, 0.1) is 6.92 Å². The molecule has 0 aliphatic carbocycles. The Hall–Kier alpha value is -1.92. The van der Waals surface area contributed by atoms with Crippen LogP contribution in [0.2, 0.25) is 10.3 Å². The summed E-state index contributed by atoms with van der Waals surface area (Å²) in [7, 11) is 0. The van der Waals surface area contributed by atoms with E-state index in [-0.39, 0.29) is 16.3 Å². The predicted molar refractivity (Wildman–Crippen MR) is 78.6 cm³/mol. The third-order valence-corrected chi connectivity index (χ3v) is 3.09. The average molecular weight is 327 g/mol. The topological polar surface area (TPSA) is 69.9 Å². The number of rotatable bonds is 4. The van der Waals surface area contributed by atoms with E-state index >= 15 is 0 Å². The molecule has 0 aliphatic rings. The van der Waals surface area contributed by atoms with E-state index in [9.17, 15) is 4.79 Å². The fraction of sp³-hybridized carbons (Fsp3) is 0.231. The second-order valence-electron chi connectivity index (χ2n) is 4.18. The maximum absolute atomic E-state index is 11.1. The monoisotopic (exact) mass is 326 g/mol. The largest absolute Gasteiger partial charge is 0.453 e. The lowest BCUT2D eigenvalue weighted by Crippen LogP contribution is -2.09. The maximum Gasteiger partial charge on any atom is 0.303 e. The normalized spacial score (nSPS) is 12.0. The summed E-state index contributed by atoms with van der Waals surface area (Å²) in [6.07, 6.45) is 2.48. The Labute approximate surface area is 131 Å². The highest BCUT2D eigenvalue weighted by Gasteiger charge is 2.19. The number of carbonyl (C=O) groups excluding carboxylic acids is 1. The molecule has 1 unspecified atom stereocenters. The molecule has 8 heteroatoms. The van der Waals surface area contributed by atoms with Gasteiger partial charge in [0.25, 0.3) is 5.95 Å². The van der Waals surface area contributed by atoms with Crippen molar-refractivity contribution >= 4 is 29.2 Å². The van der Waals surface area contributed by atoms with Crippen molar-refractivity contribution < 1.29 is 9.53 Å². The van der Waals surface area contributed by atoms with E-state index in [1.165, 1.54) is 23.7 Å². The lowest BCUT2D eigenvalue weighted by Gasteiger charge is -2.12. The van der Waals surface area contributed by atoms with Gasteiger partial charge in [0.05, 0.1) is 11.9 Å². The lowest BCUT2D eigenvalue weighted by molar-refractivity contribution is -0.144. The van der Waals surface area contributed by atoms with Crippen molar-refractivity contribution in [2.24, 2.45) is 0 Å². The van der Waals surface area contributed by atoms with Gasteiger partial charge in [0.1, 0.15) is 16.4 Å². The smallest absolute Gasteiger partial charge is 0.303 e. The molecule has 6 nitrogen and oxygen atoms in total.